The topological polar surface area (TPSA) is 32.3 Å². The number of likely N-dealkylation sites (N-methyl/N-ethyl adjacent to an activating group) is 1. The molecule has 1 heterocycles. The zero-order valence-corrected chi connectivity index (χ0v) is 10.6. The van der Waals surface area contributed by atoms with Gasteiger partial charge in [-0.05, 0) is 56.1 Å². The fraction of sp³-hybridized carbons (Fsp3) is 0.500. The van der Waals surface area contributed by atoms with Gasteiger partial charge < -0.3 is 10.2 Å². The lowest BCUT2D eigenvalue weighted by molar-refractivity contribution is -0.114. The molecule has 1 aliphatic rings. The third kappa shape index (κ3) is 3.30. The molecule has 0 saturated carbocycles. The monoisotopic (exact) mass is 232 g/mol. The summed E-state index contributed by atoms with van der Waals surface area (Å²) in [7, 11) is 2.18. The first-order valence-corrected chi connectivity index (χ1v) is 6.23. The normalized spacial score (nSPS) is 16.8. The van der Waals surface area contributed by atoms with Crippen LogP contribution in [0.5, 0.6) is 0 Å². The van der Waals surface area contributed by atoms with Gasteiger partial charge in [0.2, 0.25) is 5.91 Å². The molecule has 1 N–H and O–H groups in total. The highest BCUT2D eigenvalue weighted by atomic mass is 16.1. The maximum Gasteiger partial charge on any atom is 0.221 e. The van der Waals surface area contributed by atoms with Crippen molar-refractivity contribution in [1.29, 1.82) is 0 Å². The highest BCUT2D eigenvalue weighted by molar-refractivity contribution is 5.88. The van der Waals surface area contributed by atoms with Crippen molar-refractivity contribution in [1.82, 2.24) is 4.90 Å². The lowest BCUT2D eigenvalue weighted by Gasteiger charge is -2.22. The minimum Gasteiger partial charge on any atom is -0.326 e. The summed E-state index contributed by atoms with van der Waals surface area (Å²) in [6, 6.07) is 6.28. The number of anilines is 1. The highest BCUT2D eigenvalue weighted by Crippen LogP contribution is 2.20. The Morgan fingerprint density at radius 1 is 1.24 bits per heavy atom. The van der Waals surface area contributed by atoms with E-state index in [4.69, 9.17) is 0 Å². The average Bonchev–Trinajstić information content (AvgIpc) is 2.24. The fourth-order valence-corrected chi connectivity index (χ4v) is 2.35. The number of rotatable bonds is 1. The summed E-state index contributed by atoms with van der Waals surface area (Å²) in [6.07, 6.45) is 3.40. The third-order valence-corrected chi connectivity index (χ3v) is 3.28. The van der Waals surface area contributed by atoms with E-state index in [1.165, 1.54) is 17.5 Å². The van der Waals surface area contributed by atoms with Crippen molar-refractivity contribution < 1.29 is 4.79 Å². The summed E-state index contributed by atoms with van der Waals surface area (Å²) >= 11 is 0. The first-order chi connectivity index (χ1) is 8.15. The molecule has 0 aromatic heterocycles. The SMILES string of the molecule is CC(=O)Nc1ccc2c(c1)CCCN(C)CC2. The van der Waals surface area contributed by atoms with Crippen LogP contribution in [0.1, 0.15) is 24.5 Å². The minimum atomic E-state index is -0.00414. The van der Waals surface area contributed by atoms with Gasteiger partial charge in [0.15, 0.2) is 0 Å². The molecule has 17 heavy (non-hydrogen) atoms. The number of carbonyl (C=O) groups excluding carboxylic acids is 1. The number of nitrogens with zero attached hydrogens (tertiary/aromatic N) is 1. The van der Waals surface area contributed by atoms with E-state index in [0.29, 0.717) is 0 Å². The molecular weight excluding hydrogens is 212 g/mol. The van der Waals surface area contributed by atoms with Crippen molar-refractivity contribution in [2.24, 2.45) is 0 Å². The second-order valence-electron chi connectivity index (χ2n) is 4.82. The van der Waals surface area contributed by atoms with Gasteiger partial charge in [0, 0.05) is 19.2 Å². The van der Waals surface area contributed by atoms with Crippen molar-refractivity contribution in [2.45, 2.75) is 26.2 Å². The van der Waals surface area contributed by atoms with E-state index in [1.807, 2.05) is 6.07 Å². The highest BCUT2D eigenvalue weighted by Gasteiger charge is 2.10. The molecule has 2 rings (SSSR count). The van der Waals surface area contributed by atoms with Gasteiger partial charge in [-0.3, -0.25) is 4.79 Å². The molecule has 0 fully saturated rings. The number of hydrogen-bond acceptors (Lipinski definition) is 2. The number of fused-ring (bicyclic) bond motifs is 1. The van der Waals surface area contributed by atoms with Crippen LogP contribution >= 0.6 is 0 Å². The van der Waals surface area contributed by atoms with Crippen molar-refractivity contribution in [3.8, 4) is 0 Å². The first kappa shape index (κ1) is 12.1. The number of carbonyl (C=O) groups is 1. The Bertz CT molecular complexity index is 415. The number of benzene rings is 1. The molecular formula is C14H20N2O. The van der Waals surface area contributed by atoms with Crippen LogP contribution in [0.15, 0.2) is 18.2 Å². The van der Waals surface area contributed by atoms with Crippen LogP contribution in [-0.2, 0) is 17.6 Å². The maximum absolute atomic E-state index is 11.0. The number of nitrogens with one attached hydrogen (secondary N) is 1. The van der Waals surface area contributed by atoms with E-state index in [-0.39, 0.29) is 5.91 Å². The second kappa shape index (κ2) is 5.32. The summed E-state index contributed by atoms with van der Waals surface area (Å²) in [5, 5.41) is 2.85. The van der Waals surface area contributed by atoms with Gasteiger partial charge in [0.1, 0.15) is 0 Å². The predicted molar refractivity (Wildman–Crippen MR) is 70.3 cm³/mol. The molecule has 3 heteroatoms. The summed E-state index contributed by atoms with van der Waals surface area (Å²) in [6.45, 7) is 3.82. The fourth-order valence-electron chi connectivity index (χ4n) is 2.35. The molecule has 0 unspecified atom stereocenters. The van der Waals surface area contributed by atoms with Gasteiger partial charge in [-0.1, -0.05) is 6.07 Å². The molecule has 3 nitrogen and oxygen atoms in total. The van der Waals surface area contributed by atoms with E-state index in [1.54, 1.807) is 6.92 Å². The zero-order valence-electron chi connectivity index (χ0n) is 10.6. The molecule has 1 aliphatic heterocycles. The number of hydrogen-bond donors (Lipinski definition) is 1. The van der Waals surface area contributed by atoms with E-state index in [2.05, 4.69) is 29.4 Å². The molecule has 1 aromatic carbocycles. The first-order valence-electron chi connectivity index (χ1n) is 6.23. The van der Waals surface area contributed by atoms with Gasteiger partial charge in [0.25, 0.3) is 0 Å². The third-order valence-electron chi connectivity index (χ3n) is 3.28. The molecule has 1 aromatic rings. The standard InChI is InChI=1S/C14H20N2O/c1-11(17)15-14-6-5-12-7-9-16(2)8-3-4-13(12)10-14/h5-6,10H,3-4,7-9H2,1-2H3,(H,15,17). The largest absolute Gasteiger partial charge is 0.326 e. The maximum atomic E-state index is 11.0. The Morgan fingerprint density at radius 2 is 2.06 bits per heavy atom. The van der Waals surface area contributed by atoms with Crippen molar-refractivity contribution in [2.75, 3.05) is 25.5 Å². The van der Waals surface area contributed by atoms with E-state index in [9.17, 15) is 4.79 Å². The summed E-state index contributed by atoms with van der Waals surface area (Å²) in [5.74, 6) is -0.00414. The van der Waals surface area contributed by atoms with E-state index in [0.717, 1.165) is 31.6 Å². The smallest absolute Gasteiger partial charge is 0.221 e. The minimum absolute atomic E-state index is 0.00414. The molecule has 0 bridgehead atoms. The molecule has 0 spiro atoms. The van der Waals surface area contributed by atoms with Crippen LogP contribution in [0.25, 0.3) is 0 Å². The lowest BCUT2D eigenvalue weighted by Crippen LogP contribution is -2.25. The van der Waals surface area contributed by atoms with Gasteiger partial charge in [0.05, 0.1) is 0 Å². The summed E-state index contributed by atoms with van der Waals surface area (Å²) < 4.78 is 0. The number of amides is 1. The van der Waals surface area contributed by atoms with Crippen LogP contribution in [0, 0.1) is 0 Å². The Hall–Kier alpha value is -1.35. The van der Waals surface area contributed by atoms with Crippen molar-refractivity contribution >= 4 is 11.6 Å². The van der Waals surface area contributed by atoms with Gasteiger partial charge in [-0.25, -0.2) is 0 Å². The van der Waals surface area contributed by atoms with Crippen LogP contribution < -0.4 is 5.32 Å². The van der Waals surface area contributed by atoms with Crippen LogP contribution in [0.4, 0.5) is 5.69 Å². The lowest BCUT2D eigenvalue weighted by atomic mass is 9.97. The van der Waals surface area contributed by atoms with Gasteiger partial charge in [-0.15, -0.1) is 0 Å². The van der Waals surface area contributed by atoms with Crippen LogP contribution in [0.3, 0.4) is 0 Å². The Balaban J connectivity index is 2.19. The molecule has 92 valence electrons. The van der Waals surface area contributed by atoms with Crippen LogP contribution in [0.2, 0.25) is 0 Å². The predicted octanol–water partition coefficient (Wildman–Crippen LogP) is 2.07. The van der Waals surface area contributed by atoms with Crippen molar-refractivity contribution in [3.05, 3.63) is 29.3 Å². The van der Waals surface area contributed by atoms with E-state index >= 15 is 0 Å². The Morgan fingerprint density at radius 3 is 2.82 bits per heavy atom. The average molecular weight is 232 g/mol. The Labute approximate surface area is 103 Å². The second-order valence-corrected chi connectivity index (χ2v) is 4.82. The zero-order chi connectivity index (χ0) is 12.3. The molecule has 0 radical (unpaired) electrons. The van der Waals surface area contributed by atoms with Crippen molar-refractivity contribution in [3.63, 3.8) is 0 Å². The molecule has 0 atom stereocenters. The van der Waals surface area contributed by atoms with E-state index < -0.39 is 0 Å². The summed E-state index contributed by atoms with van der Waals surface area (Å²) in [5.41, 5.74) is 3.74. The quantitative estimate of drug-likeness (QED) is 0.804. The van der Waals surface area contributed by atoms with Crippen LogP contribution in [-0.4, -0.2) is 30.9 Å². The molecule has 1 amide bonds. The molecule has 0 saturated heterocycles. The van der Waals surface area contributed by atoms with Gasteiger partial charge >= 0.3 is 0 Å². The number of aryl methyl sites for hydroxylation is 1. The summed E-state index contributed by atoms with van der Waals surface area (Å²) in [4.78, 5) is 13.4. The molecule has 0 aliphatic carbocycles. The Kier molecular flexibility index (Phi) is 3.79. The van der Waals surface area contributed by atoms with Gasteiger partial charge in [-0.2, -0.15) is 0 Å².